The van der Waals surface area contributed by atoms with Gasteiger partial charge in [0.05, 0.1) is 16.0 Å². The van der Waals surface area contributed by atoms with Crippen LogP contribution >= 0.6 is 46.6 Å². The summed E-state index contributed by atoms with van der Waals surface area (Å²) in [7, 11) is 0. The highest BCUT2D eigenvalue weighted by atomic mass is 35.5. The zero-order chi connectivity index (χ0) is 17.8. The van der Waals surface area contributed by atoms with Gasteiger partial charge in [-0.05, 0) is 41.8 Å². The maximum absolute atomic E-state index is 6.42. The number of aromatic nitrogens is 2. The Morgan fingerprint density at radius 1 is 0.920 bits per heavy atom. The van der Waals surface area contributed by atoms with Crippen LogP contribution in [0.5, 0.6) is 0 Å². The van der Waals surface area contributed by atoms with Crippen LogP contribution in [-0.2, 0) is 6.42 Å². The highest BCUT2D eigenvalue weighted by Crippen LogP contribution is 2.42. The molecule has 0 amide bonds. The molecule has 3 rings (SSSR count). The maximum atomic E-state index is 6.42. The van der Waals surface area contributed by atoms with Crippen molar-refractivity contribution >= 4 is 46.6 Å². The molecular weight excluding hydrogens is 395 g/mol. The largest absolute Gasteiger partial charge is 0.243 e. The van der Waals surface area contributed by atoms with E-state index in [-0.39, 0.29) is 5.25 Å². The topological polar surface area (TPSA) is 25.8 Å². The molecule has 3 aromatic rings. The van der Waals surface area contributed by atoms with Crippen LogP contribution in [0.3, 0.4) is 0 Å². The minimum Gasteiger partial charge on any atom is -0.243 e. The molecule has 2 nitrogen and oxygen atoms in total. The van der Waals surface area contributed by atoms with Gasteiger partial charge < -0.3 is 0 Å². The fourth-order valence-electron chi connectivity index (χ4n) is 2.39. The third kappa shape index (κ3) is 4.68. The lowest BCUT2D eigenvalue weighted by Crippen LogP contribution is -2.02. The van der Waals surface area contributed by atoms with Crippen molar-refractivity contribution in [1.29, 1.82) is 0 Å². The molecule has 0 spiro atoms. The maximum Gasteiger partial charge on any atom is 0.129 e. The monoisotopic (exact) mass is 408 g/mol. The number of hydrogen-bond donors (Lipinski definition) is 0. The summed E-state index contributed by atoms with van der Waals surface area (Å²) >= 11 is 20.0. The lowest BCUT2D eigenvalue weighted by molar-refractivity contribution is 1.04. The van der Waals surface area contributed by atoms with Gasteiger partial charge in [-0.3, -0.25) is 0 Å². The van der Waals surface area contributed by atoms with Crippen molar-refractivity contribution in [3.63, 3.8) is 0 Å². The molecule has 25 heavy (non-hydrogen) atoms. The Labute approximate surface area is 166 Å². The van der Waals surface area contributed by atoms with Crippen molar-refractivity contribution in [1.82, 2.24) is 9.97 Å². The van der Waals surface area contributed by atoms with Gasteiger partial charge in [0.2, 0.25) is 0 Å². The van der Waals surface area contributed by atoms with Crippen LogP contribution in [0.15, 0.2) is 59.6 Å². The summed E-state index contributed by atoms with van der Waals surface area (Å²) in [6.45, 7) is 2.13. The van der Waals surface area contributed by atoms with E-state index in [1.165, 1.54) is 5.56 Å². The van der Waals surface area contributed by atoms with Crippen LogP contribution < -0.4 is 0 Å². The second kappa shape index (κ2) is 8.41. The van der Waals surface area contributed by atoms with Crippen LogP contribution in [0, 0.1) is 0 Å². The number of nitrogens with zero attached hydrogens (tertiary/aromatic N) is 2. The first-order valence-electron chi connectivity index (χ1n) is 7.76. The molecule has 2 aromatic heterocycles. The number of hydrogen-bond acceptors (Lipinski definition) is 3. The summed E-state index contributed by atoms with van der Waals surface area (Å²) < 4.78 is 0. The lowest BCUT2D eigenvalue weighted by atomic mass is 10.1. The van der Waals surface area contributed by atoms with Crippen LogP contribution in [0.2, 0.25) is 15.3 Å². The lowest BCUT2D eigenvalue weighted by Gasteiger charge is -2.18. The molecule has 1 unspecified atom stereocenters. The second-order valence-corrected chi connectivity index (χ2v) is 7.77. The van der Waals surface area contributed by atoms with Crippen molar-refractivity contribution in [3.05, 3.63) is 86.9 Å². The zero-order valence-corrected chi connectivity index (χ0v) is 16.5. The predicted molar refractivity (Wildman–Crippen MR) is 107 cm³/mol. The van der Waals surface area contributed by atoms with E-state index < -0.39 is 0 Å². The van der Waals surface area contributed by atoms with Gasteiger partial charge >= 0.3 is 0 Å². The molecule has 0 N–H and O–H groups in total. The van der Waals surface area contributed by atoms with E-state index in [4.69, 9.17) is 34.8 Å². The standard InChI is InChI=1S/C19H15Cl3N2S/c1-2-12-3-5-13(6-4-12)19(18-15(20)8-10-17(22)24-18)25-14-7-9-16(21)23-11-14/h3-11,19H,2H2,1H3. The molecular formula is C19H15Cl3N2S. The first kappa shape index (κ1) is 18.5. The number of aryl methyl sites for hydroxylation is 1. The third-order valence-electron chi connectivity index (χ3n) is 3.73. The minimum absolute atomic E-state index is 0.0971. The Kier molecular flexibility index (Phi) is 6.24. The summed E-state index contributed by atoms with van der Waals surface area (Å²) in [6, 6.07) is 15.7. The molecule has 0 aliphatic heterocycles. The summed E-state index contributed by atoms with van der Waals surface area (Å²) in [5.41, 5.74) is 3.12. The molecule has 0 aliphatic carbocycles. The number of halogens is 3. The van der Waals surface area contributed by atoms with E-state index in [2.05, 4.69) is 41.2 Å². The number of pyridine rings is 2. The fourth-order valence-corrected chi connectivity index (χ4v) is 4.06. The van der Waals surface area contributed by atoms with Crippen LogP contribution in [0.1, 0.15) is 29.0 Å². The second-order valence-electron chi connectivity index (χ2n) is 5.41. The van der Waals surface area contributed by atoms with Crippen molar-refractivity contribution in [2.45, 2.75) is 23.5 Å². The predicted octanol–water partition coefficient (Wildman–Crippen LogP) is 6.88. The van der Waals surface area contributed by atoms with Gasteiger partial charge in [-0.25, -0.2) is 9.97 Å². The highest BCUT2D eigenvalue weighted by molar-refractivity contribution is 7.99. The molecule has 0 saturated carbocycles. The highest BCUT2D eigenvalue weighted by Gasteiger charge is 2.21. The van der Waals surface area contributed by atoms with E-state index in [9.17, 15) is 0 Å². The summed E-state index contributed by atoms with van der Waals surface area (Å²) in [6.07, 6.45) is 2.74. The van der Waals surface area contributed by atoms with E-state index in [0.29, 0.717) is 15.3 Å². The zero-order valence-electron chi connectivity index (χ0n) is 13.4. The van der Waals surface area contributed by atoms with Gasteiger partial charge in [-0.2, -0.15) is 0 Å². The average Bonchev–Trinajstić information content (AvgIpc) is 2.64. The first-order valence-corrected chi connectivity index (χ1v) is 9.77. The van der Waals surface area contributed by atoms with Crippen LogP contribution in [0.4, 0.5) is 0 Å². The summed E-state index contributed by atoms with van der Waals surface area (Å²) in [5.74, 6) is 0. The smallest absolute Gasteiger partial charge is 0.129 e. The quantitative estimate of drug-likeness (QED) is 0.339. The number of benzene rings is 1. The Morgan fingerprint density at radius 2 is 1.64 bits per heavy atom. The van der Waals surface area contributed by atoms with Gasteiger partial charge in [0, 0.05) is 11.1 Å². The van der Waals surface area contributed by atoms with Gasteiger partial charge in [0.15, 0.2) is 0 Å². The molecule has 2 heterocycles. The third-order valence-corrected chi connectivity index (χ3v) is 5.73. The molecule has 0 radical (unpaired) electrons. The fraction of sp³-hybridized carbons (Fsp3) is 0.158. The molecule has 0 fully saturated rings. The van der Waals surface area contributed by atoms with Crippen LogP contribution in [-0.4, -0.2) is 9.97 Å². The summed E-state index contributed by atoms with van der Waals surface area (Å²) in [5, 5.41) is 1.37. The Morgan fingerprint density at radius 3 is 2.28 bits per heavy atom. The molecule has 0 saturated heterocycles. The minimum atomic E-state index is -0.0971. The van der Waals surface area contributed by atoms with Gasteiger partial charge in [-0.15, -0.1) is 11.8 Å². The normalized spacial score (nSPS) is 12.2. The molecule has 128 valence electrons. The van der Waals surface area contributed by atoms with E-state index in [1.54, 1.807) is 36.2 Å². The Balaban J connectivity index is 2.03. The Hall–Kier alpha value is -1.26. The van der Waals surface area contributed by atoms with Crippen molar-refractivity contribution < 1.29 is 0 Å². The van der Waals surface area contributed by atoms with E-state index in [1.807, 2.05) is 6.07 Å². The van der Waals surface area contributed by atoms with Crippen molar-refractivity contribution in [3.8, 4) is 0 Å². The van der Waals surface area contributed by atoms with Gasteiger partial charge in [0.1, 0.15) is 10.3 Å². The number of thioether (sulfide) groups is 1. The molecule has 6 heteroatoms. The SMILES string of the molecule is CCc1ccc(C(Sc2ccc(Cl)nc2)c2nc(Cl)ccc2Cl)cc1. The van der Waals surface area contributed by atoms with Crippen molar-refractivity contribution in [2.24, 2.45) is 0 Å². The molecule has 1 aromatic carbocycles. The first-order chi connectivity index (χ1) is 12.1. The number of rotatable bonds is 5. The average molecular weight is 410 g/mol. The van der Waals surface area contributed by atoms with E-state index >= 15 is 0 Å². The molecule has 1 atom stereocenters. The van der Waals surface area contributed by atoms with Crippen LogP contribution in [0.25, 0.3) is 0 Å². The van der Waals surface area contributed by atoms with Crippen molar-refractivity contribution in [2.75, 3.05) is 0 Å². The van der Waals surface area contributed by atoms with Gasteiger partial charge in [-0.1, -0.05) is 66.0 Å². The van der Waals surface area contributed by atoms with Gasteiger partial charge in [0.25, 0.3) is 0 Å². The summed E-state index contributed by atoms with van der Waals surface area (Å²) in [4.78, 5) is 9.60. The molecule has 0 aliphatic rings. The molecule has 0 bridgehead atoms. The Bertz CT molecular complexity index is 852. The van der Waals surface area contributed by atoms with E-state index in [0.717, 1.165) is 22.6 Å².